The summed E-state index contributed by atoms with van der Waals surface area (Å²) in [7, 11) is 0. The standard InChI is InChI=1S/C16H26N4O/c1-12-5-7-20(8-6-12)15-10-13(2)18-16(19-15)17-11-14-4-3-9-21-14/h10,12,14H,3-9,11H2,1-2H3,(H,17,18,19). The average Bonchev–Trinajstić information content (AvgIpc) is 2.99. The minimum absolute atomic E-state index is 0.313. The minimum Gasteiger partial charge on any atom is -0.376 e. The molecule has 0 aliphatic carbocycles. The summed E-state index contributed by atoms with van der Waals surface area (Å²) >= 11 is 0. The third-order valence-corrected chi connectivity index (χ3v) is 4.46. The Morgan fingerprint density at radius 3 is 2.81 bits per heavy atom. The van der Waals surface area contributed by atoms with Crippen LogP contribution in [0.1, 0.15) is 38.3 Å². The third kappa shape index (κ3) is 3.84. The molecule has 2 fully saturated rings. The van der Waals surface area contributed by atoms with E-state index in [-0.39, 0.29) is 0 Å². The van der Waals surface area contributed by atoms with Crippen LogP contribution in [0.3, 0.4) is 0 Å². The monoisotopic (exact) mass is 290 g/mol. The van der Waals surface area contributed by atoms with E-state index in [0.717, 1.165) is 62.5 Å². The molecule has 2 saturated heterocycles. The predicted molar refractivity (Wildman–Crippen MR) is 84.8 cm³/mol. The minimum atomic E-state index is 0.313. The van der Waals surface area contributed by atoms with E-state index >= 15 is 0 Å². The van der Waals surface area contributed by atoms with Gasteiger partial charge in [-0.05, 0) is 38.5 Å². The van der Waals surface area contributed by atoms with Crippen LogP contribution in [-0.2, 0) is 4.74 Å². The van der Waals surface area contributed by atoms with Crippen LogP contribution in [0.15, 0.2) is 6.07 Å². The van der Waals surface area contributed by atoms with E-state index in [0.29, 0.717) is 6.10 Å². The van der Waals surface area contributed by atoms with E-state index in [1.165, 1.54) is 12.8 Å². The Morgan fingerprint density at radius 1 is 1.29 bits per heavy atom. The van der Waals surface area contributed by atoms with Crippen molar-refractivity contribution in [1.29, 1.82) is 0 Å². The highest BCUT2D eigenvalue weighted by molar-refractivity contribution is 5.45. The lowest BCUT2D eigenvalue weighted by atomic mass is 9.99. The zero-order chi connectivity index (χ0) is 14.7. The normalized spacial score (nSPS) is 23.5. The van der Waals surface area contributed by atoms with Gasteiger partial charge in [-0.25, -0.2) is 4.98 Å². The van der Waals surface area contributed by atoms with Crippen LogP contribution in [0.4, 0.5) is 11.8 Å². The van der Waals surface area contributed by atoms with E-state index in [9.17, 15) is 0 Å². The first-order valence-corrected chi connectivity index (χ1v) is 8.17. The number of aromatic nitrogens is 2. The molecule has 5 heteroatoms. The summed E-state index contributed by atoms with van der Waals surface area (Å²) in [5, 5.41) is 3.34. The van der Waals surface area contributed by atoms with Crippen LogP contribution in [0, 0.1) is 12.8 Å². The molecule has 5 nitrogen and oxygen atoms in total. The maximum absolute atomic E-state index is 5.63. The van der Waals surface area contributed by atoms with Crippen LogP contribution < -0.4 is 10.2 Å². The Hall–Kier alpha value is -1.36. The first kappa shape index (κ1) is 14.6. The van der Waals surface area contributed by atoms with Gasteiger partial charge in [-0.15, -0.1) is 0 Å². The van der Waals surface area contributed by atoms with Gasteiger partial charge in [-0.2, -0.15) is 4.98 Å². The van der Waals surface area contributed by atoms with Gasteiger partial charge in [0.2, 0.25) is 5.95 Å². The molecule has 2 aliphatic heterocycles. The van der Waals surface area contributed by atoms with Gasteiger partial charge in [-0.1, -0.05) is 6.92 Å². The lowest BCUT2D eigenvalue weighted by Gasteiger charge is -2.31. The van der Waals surface area contributed by atoms with Crippen molar-refractivity contribution in [2.75, 3.05) is 36.5 Å². The second kappa shape index (κ2) is 6.60. The Kier molecular flexibility index (Phi) is 4.58. The molecule has 3 rings (SSSR count). The topological polar surface area (TPSA) is 50.3 Å². The number of nitrogens with one attached hydrogen (secondary N) is 1. The van der Waals surface area contributed by atoms with Gasteiger partial charge in [0.05, 0.1) is 6.10 Å². The lowest BCUT2D eigenvalue weighted by molar-refractivity contribution is 0.120. The van der Waals surface area contributed by atoms with Gasteiger partial charge in [0.1, 0.15) is 5.82 Å². The molecule has 0 amide bonds. The zero-order valence-electron chi connectivity index (χ0n) is 13.1. The highest BCUT2D eigenvalue weighted by atomic mass is 16.5. The van der Waals surface area contributed by atoms with E-state index in [4.69, 9.17) is 9.72 Å². The second-order valence-electron chi connectivity index (χ2n) is 6.38. The summed E-state index contributed by atoms with van der Waals surface area (Å²) < 4.78 is 5.63. The average molecular weight is 290 g/mol. The van der Waals surface area contributed by atoms with Crippen molar-refractivity contribution in [2.24, 2.45) is 5.92 Å². The fraction of sp³-hybridized carbons (Fsp3) is 0.750. The van der Waals surface area contributed by atoms with Crippen LogP contribution in [0.25, 0.3) is 0 Å². The van der Waals surface area contributed by atoms with Gasteiger partial charge in [0.15, 0.2) is 0 Å². The molecule has 1 aromatic heterocycles. The zero-order valence-corrected chi connectivity index (χ0v) is 13.1. The number of anilines is 2. The van der Waals surface area contributed by atoms with Crippen molar-refractivity contribution in [1.82, 2.24) is 9.97 Å². The maximum atomic E-state index is 5.63. The molecule has 1 atom stereocenters. The van der Waals surface area contributed by atoms with Gasteiger partial charge < -0.3 is 15.0 Å². The van der Waals surface area contributed by atoms with Crippen LogP contribution in [0.2, 0.25) is 0 Å². The predicted octanol–water partition coefficient (Wildman–Crippen LogP) is 2.61. The SMILES string of the molecule is Cc1cc(N2CCC(C)CC2)nc(NCC2CCCO2)n1. The number of hydrogen-bond acceptors (Lipinski definition) is 5. The van der Waals surface area contributed by atoms with Crippen LogP contribution in [0.5, 0.6) is 0 Å². The fourth-order valence-corrected chi connectivity index (χ4v) is 3.04. The molecular formula is C16H26N4O. The smallest absolute Gasteiger partial charge is 0.224 e. The first-order valence-electron chi connectivity index (χ1n) is 8.17. The van der Waals surface area contributed by atoms with Crippen molar-refractivity contribution in [3.63, 3.8) is 0 Å². The summed E-state index contributed by atoms with van der Waals surface area (Å²) in [5.74, 6) is 2.63. The number of nitrogens with zero attached hydrogens (tertiary/aromatic N) is 3. The largest absolute Gasteiger partial charge is 0.376 e. The number of ether oxygens (including phenoxy) is 1. The third-order valence-electron chi connectivity index (χ3n) is 4.46. The van der Waals surface area contributed by atoms with Gasteiger partial charge in [0.25, 0.3) is 0 Å². The molecule has 116 valence electrons. The highest BCUT2D eigenvalue weighted by Crippen LogP contribution is 2.23. The molecular weight excluding hydrogens is 264 g/mol. The molecule has 1 aromatic rings. The van der Waals surface area contributed by atoms with E-state index in [1.54, 1.807) is 0 Å². The molecule has 1 N–H and O–H groups in total. The van der Waals surface area contributed by atoms with Crippen molar-refractivity contribution < 1.29 is 4.74 Å². The Labute approximate surface area is 127 Å². The summed E-state index contributed by atoms with van der Waals surface area (Å²) in [6.07, 6.45) is 5.12. The Bertz CT molecular complexity index is 465. The number of piperidine rings is 1. The second-order valence-corrected chi connectivity index (χ2v) is 6.38. The molecule has 21 heavy (non-hydrogen) atoms. The van der Waals surface area contributed by atoms with Crippen LogP contribution in [-0.4, -0.2) is 42.3 Å². The molecule has 0 aromatic carbocycles. The lowest BCUT2D eigenvalue weighted by Crippen LogP contribution is -2.33. The molecule has 0 saturated carbocycles. The summed E-state index contributed by atoms with van der Waals surface area (Å²) in [5.41, 5.74) is 1.02. The van der Waals surface area contributed by atoms with E-state index < -0.39 is 0 Å². The molecule has 0 spiro atoms. The van der Waals surface area contributed by atoms with Gasteiger partial charge in [-0.3, -0.25) is 0 Å². The molecule has 0 radical (unpaired) electrons. The molecule has 0 bridgehead atoms. The van der Waals surface area contributed by atoms with Crippen LogP contribution >= 0.6 is 0 Å². The van der Waals surface area contributed by atoms with Crippen molar-refractivity contribution in [3.8, 4) is 0 Å². The Morgan fingerprint density at radius 2 is 2.10 bits per heavy atom. The van der Waals surface area contributed by atoms with Gasteiger partial charge >= 0.3 is 0 Å². The summed E-state index contributed by atoms with van der Waals surface area (Å²) in [6, 6.07) is 2.09. The Balaban J connectivity index is 1.64. The quantitative estimate of drug-likeness (QED) is 0.923. The number of aryl methyl sites for hydroxylation is 1. The maximum Gasteiger partial charge on any atom is 0.224 e. The number of hydrogen-bond donors (Lipinski definition) is 1. The van der Waals surface area contributed by atoms with Crippen molar-refractivity contribution in [3.05, 3.63) is 11.8 Å². The number of rotatable bonds is 4. The summed E-state index contributed by atoms with van der Waals surface area (Å²) in [4.78, 5) is 11.6. The highest BCUT2D eigenvalue weighted by Gasteiger charge is 2.19. The molecule has 2 aliphatic rings. The summed E-state index contributed by atoms with van der Waals surface area (Å²) in [6.45, 7) is 8.26. The van der Waals surface area contributed by atoms with Crippen molar-refractivity contribution >= 4 is 11.8 Å². The van der Waals surface area contributed by atoms with E-state index in [1.807, 2.05) is 6.92 Å². The molecule has 1 unspecified atom stereocenters. The first-order chi connectivity index (χ1) is 10.2. The fourth-order valence-electron chi connectivity index (χ4n) is 3.04. The molecule has 3 heterocycles. The van der Waals surface area contributed by atoms with Gasteiger partial charge in [0, 0.05) is 38.0 Å². The van der Waals surface area contributed by atoms with E-state index in [2.05, 4.69) is 28.2 Å². The van der Waals surface area contributed by atoms with Crippen molar-refractivity contribution in [2.45, 2.75) is 45.6 Å².